The third-order valence-electron chi connectivity index (χ3n) is 5.60. The average molecular weight is 458 g/mol. The first-order valence-corrected chi connectivity index (χ1v) is 10.9. The molecule has 2 heterocycles. The van der Waals surface area contributed by atoms with Gasteiger partial charge in [-0.05, 0) is 35.4 Å². The van der Waals surface area contributed by atoms with Crippen molar-refractivity contribution in [3.63, 3.8) is 0 Å². The maximum absolute atomic E-state index is 13.0. The molecule has 1 atom stereocenters. The summed E-state index contributed by atoms with van der Waals surface area (Å²) in [6.45, 7) is 0.414. The average Bonchev–Trinajstić information content (AvgIpc) is 2.84. The van der Waals surface area contributed by atoms with Crippen molar-refractivity contribution in [1.29, 1.82) is 0 Å². The van der Waals surface area contributed by atoms with Crippen LogP contribution < -0.4 is 15.6 Å². The fourth-order valence-corrected chi connectivity index (χ4v) is 4.06. The minimum Gasteiger partial charge on any atom is -0.489 e. The van der Waals surface area contributed by atoms with E-state index < -0.39 is 0 Å². The van der Waals surface area contributed by atoms with Crippen LogP contribution in [0.1, 0.15) is 29.0 Å². The normalized spacial score (nSPS) is 14.9. The zero-order chi connectivity index (χ0) is 22.8. The van der Waals surface area contributed by atoms with Crippen LogP contribution in [0.2, 0.25) is 5.02 Å². The van der Waals surface area contributed by atoms with Gasteiger partial charge in [0.2, 0.25) is 5.91 Å². The zero-order valence-electron chi connectivity index (χ0n) is 17.5. The van der Waals surface area contributed by atoms with Gasteiger partial charge in [-0.1, -0.05) is 66.2 Å². The largest absolute Gasteiger partial charge is 0.489 e. The summed E-state index contributed by atoms with van der Waals surface area (Å²) >= 11 is 5.92. The van der Waals surface area contributed by atoms with E-state index in [-0.39, 0.29) is 23.8 Å². The molecule has 4 aromatic rings. The molecule has 2 N–H and O–H groups in total. The van der Waals surface area contributed by atoms with Crippen LogP contribution in [0.15, 0.2) is 83.7 Å². The van der Waals surface area contributed by atoms with E-state index in [1.807, 2.05) is 78.9 Å². The van der Waals surface area contributed by atoms with Crippen LogP contribution >= 0.6 is 11.6 Å². The Labute approximate surface area is 195 Å². The predicted molar refractivity (Wildman–Crippen MR) is 128 cm³/mol. The van der Waals surface area contributed by atoms with Gasteiger partial charge < -0.3 is 15.0 Å². The Morgan fingerprint density at radius 1 is 0.939 bits per heavy atom. The van der Waals surface area contributed by atoms with Crippen LogP contribution in [0.5, 0.6) is 5.75 Å². The van der Waals surface area contributed by atoms with E-state index in [4.69, 9.17) is 16.3 Å². The number of hydrogen-bond donors (Lipinski definition) is 2. The number of rotatable bonds is 5. The zero-order valence-corrected chi connectivity index (χ0v) is 18.3. The van der Waals surface area contributed by atoms with Gasteiger partial charge in [-0.3, -0.25) is 9.59 Å². The predicted octanol–water partition coefficient (Wildman–Crippen LogP) is 5.14. The molecule has 1 aliphatic rings. The Morgan fingerprint density at radius 3 is 2.39 bits per heavy atom. The lowest BCUT2D eigenvalue weighted by Crippen LogP contribution is -2.31. The second-order valence-corrected chi connectivity index (χ2v) is 8.27. The molecule has 33 heavy (non-hydrogen) atoms. The molecule has 5 rings (SSSR count). The van der Waals surface area contributed by atoms with Crippen LogP contribution in [0.4, 0.5) is 5.82 Å². The van der Waals surface area contributed by atoms with E-state index in [2.05, 4.69) is 15.3 Å². The van der Waals surface area contributed by atoms with Crippen molar-refractivity contribution in [2.75, 3.05) is 5.32 Å². The van der Waals surface area contributed by atoms with Crippen molar-refractivity contribution >= 4 is 23.3 Å². The fraction of sp³-hybridized carbons (Fsp3) is 0.115. The van der Waals surface area contributed by atoms with Gasteiger partial charge in [-0.2, -0.15) is 0 Å². The maximum Gasteiger partial charge on any atom is 0.257 e. The third-order valence-corrected chi connectivity index (χ3v) is 5.85. The first kappa shape index (κ1) is 21.0. The lowest BCUT2D eigenvalue weighted by Gasteiger charge is -2.24. The number of anilines is 1. The molecular weight excluding hydrogens is 438 g/mol. The molecule has 7 heteroatoms. The standard InChI is InChI=1S/C26H20ClN3O3/c27-19-10-6-16(7-11-19)15-33-20-12-8-17(9-13-20)21-14-22(31)28-25-23(21)26(32)30-24(29-25)18-4-2-1-3-5-18/h1-13,21H,14-15H2,(H2,28,29,30,31,32)/t21-/m0/s1. The Kier molecular flexibility index (Phi) is 5.67. The van der Waals surface area contributed by atoms with E-state index >= 15 is 0 Å². The van der Waals surface area contributed by atoms with Gasteiger partial charge in [0, 0.05) is 22.9 Å². The number of nitrogens with zero attached hydrogens (tertiary/aromatic N) is 1. The summed E-state index contributed by atoms with van der Waals surface area (Å²) in [6, 6.07) is 24.3. The molecule has 1 aromatic heterocycles. The third kappa shape index (κ3) is 4.52. The number of aromatic amines is 1. The van der Waals surface area contributed by atoms with Gasteiger partial charge in [0.15, 0.2) is 0 Å². The van der Waals surface area contributed by atoms with Crippen LogP contribution in [0, 0.1) is 0 Å². The second-order valence-electron chi connectivity index (χ2n) is 7.83. The number of benzene rings is 3. The fourth-order valence-electron chi connectivity index (χ4n) is 3.93. The summed E-state index contributed by atoms with van der Waals surface area (Å²) in [6.07, 6.45) is 0.174. The minimum absolute atomic E-state index is 0.173. The van der Waals surface area contributed by atoms with Gasteiger partial charge in [-0.15, -0.1) is 0 Å². The van der Waals surface area contributed by atoms with Crippen LogP contribution in [0.3, 0.4) is 0 Å². The first-order chi connectivity index (χ1) is 16.1. The highest BCUT2D eigenvalue weighted by Crippen LogP contribution is 2.35. The molecule has 164 valence electrons. The number of carbonyl (C=O) groups is 1. The molecular formula is C26H20ClN3O3. The number of hydrogen-bond acceptors (Lipinski definition) is 4. The highest BCUT2D eigenvalue weighted by molar-refractivity contribution is 6.30. The van der Waals surface area contributed by atoms with Gasteiger partial charge in [0.25, 0.3) is 5.56 Å². The summed E-state index contributed by atoms with van der Waals surface area (Å²) in [5.41, 5.74) is 2.84. The molecule has 1 amide bonds. The van der Waals surface area contributed by atoms with E-state index in [1.165, 1.54) is 0 Å². The van der Waals surface area contributed by atoms with Crippen molar-refractivity contribution < 1.29 is 9.53 Å². The Hall–Kier alpha value is -3.90. The van der Waals surface area contributed by atoms with Gasteiger partial charge in [0.1, 0.15) is 24.0 Å². The van der Waals surface area contributed by atoms with Crippen molar-refractivity contribution in [2.24, 2.45) is 0 Å². The van der Waals surface area contributed by atoms with E-state index in [0.717, 1.165) is 16.7 Å². The highest BCUT2D eigenvalue weighted by atomic mass is 35.5. The summed E-state index contributed by atoms with van der Waals surface area (Å²) in [4.78, 5) is 32.8. The van der Waals surface area contributed by atoms with Crippen LogP contribution in [0.25, 0.3) is 11.4 Å². The number of halogens is 1. The van der Waals surface area contributed by atoms with Crippen molar-refractivity contribution in [3.05, 3.63) is 111 Å². The van der Waals surface area contributed by atoms with Crippen molar-refractivity contribution in [2.45, 2.75) is 18.9 Å². The molecule has 0 fully saturated rings. The molecule has 0 bridgehead atoms. The number of H-pyrrole nitrogens is 1. The van der Waals surface area contributed by atoms with Crippen molar-refractivity contribution in [3.8, 4) is 17.1 Å². The van der Waals surface area contributed by atoms with E-state index in [0.29, 0.717) is 34.6 Å². The summed E-state index contributed by atoms with van der Waals surface area (Å²) in [5.74, 6) is 0.863. The summed E-state index contributed by atoms with van der Waals surface area (Å²) in [7, 11) is 0. The van der Waals surface area contributed by atoms with E-state index in [9.17, 15) is 9.59 Å². The second kappa shape index (κ2) is 8.92. The quantitative estimate of drug-likeness (QED) is 0.434. The molecule has 0 unspecified atom stereocenters. The maximum atomic E-state index is 13.0. The smallest absolute Gasteiger partial charge is 0.257 e. The highest BCUT2D eigenvalue weighted by Gasteiger charge is 2.31. The molecule has 0 radical (unpaired) electrons. The lowest BCUT2D eigenvalue weighted by atomic mass is 9.87. The molecule has 1 aliphatic heterocycles. The molecule has 0 saturated carbocycles. The van der Waals surface area contributed by atoms with Crippen molar-refractivity contribution in [1.82, 2.24) is 9.97 Å². The Morgan fingerprint density at radius 2 is 1.67 bits per heavy atom. The van der Waals surface area contributed by atoms with Gasteiger partial charge in [0.05, 0.1) is 5.56 Å². The molecule has 6 nitrogen and oxygen atoms in total. The number of amides is 1. The minimum atomic E-state index is -0.389. The summed E-state index contributed by atoms with van der Waals surface area (Å²) < 4.78 is 5.85. The number of fused-ring (bicyclic) bond motifs is 1. The first-order valence-electron chi connectivity index (χ1n) is 10.5. The van der Waals surface area contributed by atoms with Crippen LogP contribution in [-0.2, 0) is 11.4 Å². The molecule has 0 saturated heterocycles. The summed E-state index contributed by atoms with van der Waals surface area (Å²) in [5, 5.41) is 3.44. The lowest BCUT2D eigenvalue weighted by molar-refractivity contribution is -0.116. The molecule has 0 aliphatic carbocycles. The molecule has 0 spiro atoms. The Bertz CT molecular complexity index is 1350. The monoisotopic (exact) mass is 457 g/mol. The molecule has 3 aromatic carbocycles. The van der Waals surface area contributed by atoms with Gasteiger partial charge >= 0.3 is 0 Å². The van der Waals surface area contributed by atoms with Gasteiger partial charge in [-0.25, -0.2) is 4.98 Å². The number of ether oxygens (including phenoxy) is 1. The topological polar surface area (TPSA) is 84.1 Å². The van der Waals surface area contributed by atoms with Crippen LogP contribution in [-0.4, -0.2) is 15.9 Å². The number of carbonyl (C=O) groups excluding carboxylic acids is 1. The SMILES string of the molecule is O=C1C[C@@H](c2ccc(OCc3ccc(Cl)cc3)cc2)c2c(nc(-c3ccccc3)[nH]c2=O)N1. The number of aromatic nitrogens is 2. The van der Waals surface area contributed by atoms with E-state index in [1.54, 1.807) is 0 Å². The number of nitrogens with one attached hydrogen (secondary N) is 2. The Balaban J connectivity index is 1.40.